The van der Waals surface area contributed by atoms with Crippen molar-refractivity contribution in [2.45, 2.75) is 31.2 Å². The Morgan fingerprint density at radius 1 is 1.25 bits per heavy atom. The summed E-state index contributed by atoms with van der Waals surface area (Å²) >= 11 is 1.75. The van der Waals surface area contributed by atoms with Gasteiger partial charge in [0.1, 0.15) is 0 Å². The lowest BCUT2D eigenvalue weighted by Crippen LogP contribution is -2.12. The van der Waals surface area contributed by atoms with Crippen molar-refractivity contribution in [3.05, 3.63) is 47.8 Å². The fourth-order valence-electron chi connectivity index (χ4n) is 2.13. The van der Waals surface area contributed by atoms with Gasteiger partial charge in [0.15, 0.2) is 0 Å². The molecule has 108 valence electrons. The number of hydrogen-bond donors (Lipinski definition) is 1. The Morgan fingerprint density at radius 3 is 2.50 bits per heavy atom. The second-order valence-corrected chi connectivity index (χ2v) is 6.70. The Morgan fingerprint density at radius 2 is 1.95 bits per heavy atom. The molecule has 0 amide bonds. The predicted octanol–water partition coefficient (Wildman–Crippen LogP) is 3.41. The number of aryl methyl sites for hydroxylation is 1. The van der Waals surface area contributed by atoms with Crippen molar-refractivity contribution < 1.29 is 0 Å². The lowest BCUT2D eigenvalue weighted by atomic mass is 10.0. The lowest BCUT2D eigenvalue weighted by molar-refractivity contribution is 0.647. The van der Waals surface area contributed by atoms with Crippen LogP contribution in [0.2, 0.25) is 0 Å². The number of aromatic nitrogens is 2. The second kappa shape index (κ2) is 6.95. The number of rotatable bonds is 6. The van der Waals surface area contributed by atoms with Gasteiger partial charge in [-0.1, -0.05) is 38.1 Å². The van der Waals surface area contributed by atoms with Crippen LogP contribution in [0.3, 0.4) is 0 Å². The maximum absolute atomic E-state index is 6.25. The maximum atomic E-state index is 6.25. The summed E-state index contributed by atoms with van der Waals surface area (Å²) in [6.45, 7) is 4.48. The zero-order valence-corrected chi connectivity index (χ0v) is 13.2. The van der Waals surface area contributed by atoms with Crippen LogP contribution in [0.25, 0.3) is 0 Å². The van der Waals surface area contributed by atoms with E-state index in [0.717, 1.165) is 12.2 Å². The first-order valence-electron chi connectivity index (χ1n) is 7.00. The molecule has 1 unspecified atom stereocenters. The highest BCUT2D eigenvalue weighted by Crippen LogP contribution is 2.23. The maximum Gasteiger partial charge on any atom is 0.0625 e. The van der Waals surface area contributed by atoms with Crippen LogP contribution in [0.15, 0.2) is 41.6 Å². The van der Waals surface area contributed by atoms with Crippen LogP contribution in [0, 0.1) is 5.92 Å². The Bertz CT molecular complexity index is 531. The van der Waals surface area contributed by atoms with Gasteiger partial charge in [-0.3, -0.25) is 4.68 Å². The Balaban J connectivity index is 1.90. The van der Waals surface area contributed by atoms with E-state index < -0.39 is 0 Å². The molecular weight excluding hydrogens is 266 g/mol. The van der Waals surface area contributed by atoms with Crippen molar-refractivity contribution in [3.8, 4) is 0 Å². The third-order valence-corrected chi connectivity index (χ3v) is 4.23. The molecule has 0 radical (unpaired) electrons. The topological polar surface area (TPSA) is 43.8 Å². The van der Waals surface area contributed by atoms with Crippen LogP contribution >= 0.6 is 11.8 Å². The molecular formula is C16H23N3S. The average molecular weight is 289 g/mol. The van der Waals surface area contributed by atoms with Gasteiger partial charge in [0.05, 0.1) is 6.20 Å². The quantitative estimate of drug-likeness (QED) is 0.829. The number of nitrogens with two attached hydrogens (primary N) is 1. The molecule has 0 saturated carbocycles. The van der Waals surface area contributed by atoms with Crippen molar-refractivity contribution >= 4 is 11.8 Å². The summed E-state index contributed by atoms with van der Waals surface area (Å²) in [5, 5.41) is 4.16. The van der Waals surface area contributed by atoms with Gasteiger partial charge in [-0.15, -0.1) is 11.8 Å². The molecule has 0 saturated heterocycles. The van der Waals surface area contributed by atoms with Crippen molar-refractivity contribution in [2.24, 2.45) is 18.7 Å². The molecule has 1 atom stereocenters. The summed E-state index contributed by atoms with van der Waals surface area (Å²) in [5.41, 5.74) is 8.84. The first-order valence-corrected chi connectivity index (χ1v) is 7.99. The van der Waals surface area contributed by atoms with E-state index in [4.69, 9.17) is 5.73 Å². The molecule has 0 aliphatic heterocycles. The molecule has 4 heteroatoms. The molecule has 1 aromatic carbocycles. The van der Waals surface area contributed by atoms with Gasteiger partial charge in [0.25, 0.3) is 0 Å². The van der Waals surface area contributed by atoms with E-state index in [2.05, 4.69) is 43.2 Å². The molecule has 3 nitrogen and oxygen atoms in total. The minimum atomic E-state index is 0.0632. The van der Waals surface area contributed by atoms with Crippen LogP contribution in [0.5, 0.6) is 0 Å². The molecule has 1 heterocycles. The van der Waals surface area contributed by atoms with E-state index in [1.54, 1.807) is 11.8 Å². The molecule has 20 heavy (non-hydrogen) atoms. The van der Waals surface area contributed by atoms with Crippen LogP contribution in [0.4, 0.5) is 0 Å². The summed E-state index contributed by atoms with van der Waals surface area (Å²) in [4.78, 5) is 1.17. The Hall–Kier alpha value is -1.26. The third-order valence-electron chi connectivity index (χ3n) is 3.16. The zero-order chi connectivity index (χ0) is 14.5. The van der Waals surface area contributed by atoms with Gasteiger partial charge < -0.3 is 5.73 Å². The fraction of sp³-hybridized carbons (Fsp3) is 0.438. The van der Waals surface area contributed by atoms with Gasteiger partial charge in [0.2, 0.25) is 0 Å². The standard InChI is InChI=1S/C16H23N3S/c1-12(2)8-13-4-6-14(7-5-13)16(17)11-20-15-9-18-19(3)10-15/h4-7,9-10,12,16H,8,11,17H2,1-3H3. The third kappa shape index (κ3) is 4.39. The normalized spacial score (nSPS) is 12.8. The number of hydrogen-bond acceptors (Lipinski definition) is 3. The molecule has 0 bridgehead atoms. The largest absolute Gasteiger partial charge is 0.323 e. The molecule has 1 aromatic heterocycles. The minimum absolute atomic E-state index is 0.0632. The van der Waals surface area contributed by atoms with Crippen LogP contribution in [0.1, 0.15) is 31.0 Å². The second-order valence-electron chi connectivity index (χ2n) is 5.61. The summed E-state index contributed by atoms with van der Waals surface area (Å²) in [5.74, 6) is 1.56. The van der Waals surface area contributed by atoms with Gasteiger partial charge in [-0.05, 0) is 23.5 Å². The van der Waals surface area contributed by atoms with E-state index in [-0.39, 0.29) is 6.04 Å². The van der Waals surface area contributed by atoms with E-state index in [0.29, 0.717) is 5.92 Å². The van der Waals surface area contributed by atoms with Crippen molar-refractivity contribution in [2.75, 3.05) is 5.75 Å². The molecule has 0 spiro atoms. The SMILES string of the molecule is CC(C)Cc1ccc(C(N)CSc2cnn(C)c2)cc1. The van der Waals surface area contributed by atoms with Crippen molar-refractivity contribution in [1.29, 1.82) is 0 Å². The summed E-state index contributed by atoms with van der Waals surface area (Å²) in [7, 11) is 1.93. The molecule has 2 aromatic rings. The van der Waals surface area contributed by atoms with Crippen molar-refractivity contribution in [3.63, 3.8) is 0 Å². The zero-order valence-electron chi connectivity index (χ0n) is 12.4. The first-order chi connectivity index (χ1) is 9.54. The van der Waals surface area contributed by atoms with Gasteiger partial charge in [-0.25, -0.2) is 0 Å². The first kappa shape index (κ1) is 15.1. The van der Waals surface area contributed by atoms with Gasteiger partial charge in [0, 0.05) is 29.9 Å². The molecule has 0 aliphatic carbocycles. The average Bonchev–Trinajstić information content (AvgIpc) is 2.82. The molecule has 0 fully saturated rings. The lowest BCUT2D eigenvalue weighted by Gasteiger charge is -2.12. The highest BCUT2D eigenvalue weighted by atomic mass is 32.2. The van der Waals surface area contributed by atoms with E-state index in [1.807, 2.05) is 24.1 Å². The molecule has 2 N–H and O–H groups in total. The summed E-state index contributed by atoms with van der Waals surface area (Å²) in [6.07, 6.45) is 5.02. The number of nitrogens with zero attached hydrogens (tertiary/aromatic N) is 2. The number of thioether (sulfide) groups is 1. The predicted molar refractivity (Wildman–Crippen MR) is 85.8 cm³/mol. The van der Waals surface area contributed by atoms with Crippen LogP contribution in [-0.4, -0.2) is 15.5 Å². The fourth-order valence-corrected chi connectivity index (χ4v) is 3.04. The van der Waals surface area contributed by atoms with Gasteiger partial charge >= 0.3 is 0 Å². The van der Waals surface area contributed by atoms with Crippen LogP contribution in [-0.2, 0) is 13.5 Å². The highest BCUT2D eigenvalue weighted by Gasteiger charge is 2.08. The van der Waals surface area contributed by atoms with E-state index in [9.17, 15) is 0 Å². The molecule has 2 rings (SSSR count). The molecule has 0 aliphatic rings. The van der Waals surface area contributed by atoms with E-state index in [1.165, 1.54) is 16.0 Å². The van der Waals surface area contributed by atoms with E-state index >= 15 is 0 Å². The summed E-state index contributed by atoms with van der Waals surface area (Å²) in [6, 6.07) is 8.78. The Kier molecular flexibility index (Phi) is 5.26. The Labute approximate surface area is 125 Å². The number of benzene rings is 1. The smallest absolute Gasteiger partial charge is 0.0625 e. The highest BCUT2D eigenvalue weighted by molar-refractivity contribution is 7.99. The van der Waals surface area contributed by atoms with Crippen LogP contribution < -0.4 is 5.73 Å². The van der Waals surface area contributed by atoms with Gasteiger partial charge in [-0.2, -0.15) is 5.10 Å². The van der Waals surface area contributed by atoms with Crippen molar-refractivity contribution in [1.82, 2.24) is 9.78 Å². The minimum Gasteiger partial charge on any atom is -0.323 e. The summed E-state index contributed by atoms with van der Waals surface area (Å²) < 4.78 is 1.81. The monoisotopic (exact) mass is 289 g/mol.